The van der Waals surface area contributed by atoms with E-state index in [9.17, 15) is 5.11 Å². The van der Waals surface area contributed by atoms with Crippen LogP contribution in [0.1, 0.15) is 32.3 Å². The lowest BCUT2D eigenvalue weighted by atomic mass is 9.95. The Balaban J connectivity index is 2.13. The Morgan fingerprint density at radius 3 is 2.95 bits per heavy atom. The van der Waals surface area contributed by atoms with Crippen LogP contribution in [0.4, 0.5) is 5.69 Å². The average Bonchev–Trinajstić information content (AvgIpc) is 2.43. The number of piperidine rings is 1. The van der Waals surface area contributed by atoms with Crippen LogP contribution < -0.4 is 10.2 Å². The standard InChI is InChI=1S/C16H25ClN2O/c1-3-7-18-10-13-9-14(17)4-5-15(13)19-8-6-12(2)16(20)11-19/h4-5,9,12,16,18,20H,3,6-8,10-11H2,1-2H3. The SMILES string of the molecule is CCCNCc1cc(Cl)ccc1N1CCC(C)C(O)C1. The minimum Gasteiger partial charge on any atom is -0.391 e. The molecule has 0 radical (unpaired) electrons. The van der Waals surface area contributed by atoms with E-state index in [1.54, 1.807) is 0 Å². The third kappa shape index (κ3) is 3.87. The second-order valence-corrected chi connectivity index (χ2v) is 6.17. The van der Waals surface area contributed by atoms with Crippen molar-refractivity contribution in [3.05, 3.63) is 28.8 Å². The summed E-state index contributed by atoms with van der Waals surface area (Å²) in [5.41, 5.74) is 2.41. The van der Waals surface area contributed by atoms with E-state index in [2.05, 4.69) is 30.1 Å². The minimum atomic E-state index is -0.240. The molecule has 0 amide bonds. The summed E-state index contributed by atoms with van der Waals surface area (Å²) in [6, 6.07) is 6.04. The Bertz CT molecular complexity index is 438. The topological polar surface area (TPSA) is 35.5 Å². The van der Waals surface area contributed by atoms with Crippen molar-refractivity contribution in [3.63, 3.8) is 0 Å². The number of aliphatic hydroxyl groups excluding tert-OH is 1. The van der Waals surface area contributed by atoms with Crippen LogP contribution in [-0.2, 0) is 6.54 Å². The summed E-state index contributed by atoms with van der Waals surface area (Å²) in [6.07, 6.45) is 1.91. The number of β-amino-alcohol motifs (C(OH)–C–C–N with tert-alkyl or cyclic N) is 1. The number of benzene rings is 1. The van der Waals surface area contributed by atoms with Crippen LogP contribution in [0.15, 0.2) is 18.2 Å². The summed E-state index contributed by atoms with van der Waals surface area (Å²) in [7, 11) is 0. The Morgan fingerprint density at radius 2 is 2.25 bits per heavy atom. The molecule has 2 rings (SSSR count). The summed E-state index contributed by atoms with van der Waals surface area (Å²) in [5.74, 6) is 0.389. The third-order valence-corrected chi connectivity index (χ3v) is 4.28. The van der Waals surface area contributed by atoms with Gasteiger partial charge >= 0.3 is 0 Å². The van der Waals surface area contributed by atoms with Gasteiger partial charge in [-0.05, 0) is 49.1 Å². The molecule has 0 aromatic heterocycles. The van der Waals surface area contributed by atoms with Crippen LogP contribution in [0, 0.1) is 5.92 Å². The van der Waals surface area contributed by atoms with Gasteiger partial charge in [0.25, 0.3) is 0 Å². The lowest BCUT2D eigenvalue weighted by molar-refractivity contribution is 0.103. The van der Waals surface area contributed by atoms with E-state index >= 15 is 0 Å². The van der Waals surface area contributed by atoms with Gasteiger partial charge in [-0.1, -0.05) is 25.4 Å². The van der Waals surface area contributed by atoms with E-state index in [4.69, 9.17) is 11.6 Å². The maximum Gasteiger partial charge on any atom is 0.0741 e. The van der Waals surface area contributed by atoms with Gasteiger partial charge in [0.1, 0.15) is 0 Å². The maximum atomic E-state index is 10.1. The van der Waals surface area contributed by atoms with Crippen LogP contribution >= 0.6 is 11.6 Å². The summed E-state index contributed by atoms with van der Waals surface area (Å²) in [5, 5.41) is 14.3. The molecule has 2 atom stereocenters. The van der Waals surface area contributed by atoms with Crippen LogP contribution in [0.25, 0.3) is 0 Å². The number of nitrogens with one attached hydrogen (secondary N) is 1. The summed E-state index contributed by atoms with van der Waals surface area (Å²) in [4.78, 5) is 2.28. The minimum absolute atomic E-state index is 0.240. The molecule has 0 spiro atoms. The van der Waals surface area contributed by atoms with Crippen molar-refractivity contribution in [2.45, 2.75) is 39.3 Å². The van der Waals surface area contributed by atoms with E-state index < -0.39 is 0 Å². The van der Waals surface area contributed by atoms with Gasteiger partial charge in [-0.15, -0.1) is 0 Å². The monoisotopic (exact) mass is 296 g/mol. The smallest absolute Gasteiger partial charge is 0.0741 e. The first-order valence-electron chi connectivity index (χ1n) is 7.54. The highest BCUT2D eigenvalue weighted by atomic mass is 35.5. The van der Waals surface area contributed by atoms with E-state index in [-0.39, 0.29) is 6.10 Å². The molecule has 1 aliphatic heterocycles. The fraction of sp³-hybridized carbons (Fsp3) is 0.625. The van der Waals surface area contributed by atoms with Gasteiger partial charge in [-0.2, -0.15) is 0 Å². The second-order valence-electron chi connectivity index (χ2n) is 5.73. The summed E-state index contributed by atoms with van der Waals surface area (Å²) < 4.78 is 0. The fourth-order valence-electron chi connectivity index (χ4n) is 2.67. The van der Waals surface area contributed by atoms with Gasteiger partial charge in [0, 0.05) is 30.3 Å². The van der Waals surface area contributed by atoms with E-state index in [0.717, 1.165) is 37.5 Å². The number of anilines is 1. The molecule has 1 heterocycles. The predicted molar refractivity (Wildman–Crippen MR) is 85.5 cm³/mol. The lowest BCUT2D eigenvalue weighted by Crippen LogP contribution is -2.43. The van der Waals surface area contributed by atoms with Gasteiger partial charge in [0.05, 0.1) is 6.10 Å². The number of aliphatic hydroxyl groups is 1. The second kappa shape index (κ2) is 7.30. The van der Waals surface area contributed by atoms with Crippen molar-refractivity contribution >= 4 is 17.3 Å². The van der Waals surface area contributed by atoms with Crippen LogP contribution in [0.2, 0.25) is 5.02 Å². The molecule has 3 nitrogen and oxygen atoms in total. The molecule has 1 fully saturated rings. The molecule has 20 heavy (non-hydrogen) atoms. The molecular weight excluding hydrogens is 272 g/mol. The lowest BCUT2D eigenvalue weighted by Gasteiger charge is -2.37. The normalized spacial score (nSPS) is 23.1. The van der Waals surface area contributed by atoms with Gasteiger partial charge in [-0.3, -0.25) is 0 Å². The van der Waals surface area contributed by atoms with E-state index in [1.807, 2.05) is 12.1 Å². The Labute approximate surface area is 126 Å². The van der Waals surface area contributed by atoms with Crippen molar-refractivity contribution < 1.29 is 5.11 Å². The highest BCUT2D eigenvalue weighted by Gasteiger charge is 2.25. The first-order valence-corrected chi connectivity index (χ1v) is 7.91. The van der Waals surface area contributed by atoms with E-state index in [1.165, 1.54) is 11.3 Å². The zero-order valence-electron chi connectivity index (χ0n) is 12.4. The average molecular weight is 297 g/mol. The van der Waals surface area contributed by atoms with Crippen molar-refractivity contribution in [2.24, 2.45) is 5.92 Å². The zero-order valence-corrected chi connectivity index (χ0v) is 13.2. The molecule has 1 saturated heterocycles. The molecule has 4 heteroatoms. The maximum absolute atomic E-state index is 10.1. The molecule has 0 saturated carbocycles. The number of hydrogen-bond donors (Lipinski definition) is 2. The van der Waals surface area contributed by atoms with Gasteiger partial charge < -0.3 is 15.3 Å². The summed E-state index contributed by atoms with van der Waals surface area (Å²) >= 11 is 6.12. The van der Waals surface area contributed by atoms with Crippen molar-refractivity contribution in [1.82, 2.24) is 5.32 Å². The number of rotatable bonds is 5. The zero-order chi connectivity index (χ0) is 14.5. The Kier molecular flexibility index (Phi) is 5.70. The predicted octanol–water partition coefficient (Wildman–Crippen LogP) is 3.05. The highest BCUT2D eigenvalue weighted by molar-refractivity contribution is 6.30. The number of hydrogen-bond acceptors (Lipinski definition) is 3. The molecule has 112 valence electrons. The quantitative estimate of drug-likeness (QED) is 0.820. The van der Waals surface area contributed by atoms with Crippen molar-refractivity contribution in [1.29, 1.82) is 0 Å². The third-order valence-electron chi connectivity index (χ3n) is 4.04. The molecule has 1 aromatic rings. The summed E-state index contributed by atoms with van der Waals surface area (Å²) in [6.45, 7) is 7.82. The van der Waals surface area contributed by atoms with Crippen molar-refractivity contribution in [2.75, 3.05) is 24.5 Å². The largest absolute Gasteiger partial charge is 0.391 e. The number of nitrogens with zero attached hydrogens (tertiary/aromatic N) is 1. The Hall–Kier alpha value is -0.770. The van der Waals surface area contributed by atoms with Crippen LogP contribution in [0.5, 0.6) is 0 Å². The van der Waals surface area contributed by atoms with Crippen LogP contribution in [-0.4, -0.2) is 30.8 Å². The van der Waals surface area contributed by atoms with Gasteiger partial charge in [0.2, 0.25) is 0 Å². The molecule has 2 unspecified atom stereocenters. The fourth-order valence-corrected chi connectivity index (χ4v) is 2.87. The van der Waals surface area contributed by atoms with E-state index in [0.29, 0.717) is 12.5 Å². The molecule has 1 aromatic carbocycles. The van der Waals surface area contributed by atoms with Crippen molar-refractivity contribution in [3.8, 4) is 0 Å². The first-order chi connectivity index (χ1) is 9.61. The van der Waals surface area contributed by atoms with Gasteiger partial charge in [0.15, 0.2) is 0 Å². The molecular formula is C16H25ClN2O. The van der Waals surface area contributed by atoms with Crippen LogP contribution in [0.3, 0.4) is 0 Å². The first kappa shape index (κ1) is 15.6. The molecule has 1 aliphatic rings. The van der Waals surface area contributed by atoms with Gasteiger partial charge in [-0.25, -0.2) is 0 Å². The highest BCUT2D eigenvalue weighted by Crippen LogP contribution is 2.28. The Morgan fingerprint density at radius 1 is 1.45 bits per heavy atom. The number of halogens is 1. The molecule has 0 aliphatic carbocycles. The molecule has 0 bridgehead atoms. The molecule has 2 N–H and O–H groups in total.